The summed E-state index contributed by atoms with van der Waals surface area (Å²) < 4.78 is 41.3. The monoisotopic (exact) mass is 328 g/mol. The van der Waals surface area contributed by atoms with Gasteiger partial charge in [-0.05, 0) is 24.3 Å². The van der Waals surface area contributed by atoms with Gasteiger partial charge >= 0.3 is 23.9 Å². The van der Waals surface area contributed by atoms with Crippen molar-refractivity contribution in [3.8, 4) is 11.4 Å². The molecular weight excluding hydrogens is 317 g/mol. The smallest absolute Gasteiger partial charge is 0.341 e. The van der Waals surface area contributed by atoms with Gasteiger partial charge in [0.05, 0.1) is 0 Å². The summed E-state index contributed by atoms with van der Waals surface area (Å²) in [7, 11) is 2.86. The summed E-state index contributed by atoms with van der Waals surface area (Å²) in [5, 5.41) is 5.60. The highest BCUT2D eigenvalue weighted by Gasteiger charge is 2.38. The first kappa shape index (κ1) is 16.5. The minimum Gasteiger partial charge on any atom is -0.341 e. The van der Waals surface area contributed by atoms with Crippen LogP contribution >= 0.6 is 0 Å². The van der Waals surface area contributed by atoms with Crippen molar-refractivity contribution in [1.29, 1.82) is 0 Å². The molecule has 7 nitrogen and oxygen atoms in total. The van der Waals surface area contributed by atoms with Gasteiger partial charge in [-0.2, -0.15) is 18.2 Å². The number of carbonyl (C=O) groups is 2. The molecular formula is C13H11F3N4O3. The van der Waals surface area contributed by atoms with Crippen LogP contribution in [0.15, 0.2) is 28.8 Å². The Morgan fingerprint density at radius 1 is 1.17 bits per heavy atom. The second-order valence-electron chi connectivity index (χ2n) is 4.65. The van der Waals surface area contributed by atoms with Gasteiger partial charge in [0.2, 0.25) is 5.82 Å². The lowest BCUT2D eigenvalue weighted by Gasteiger charge is -2.10. The fourth-order valence-electron chi connectivity index (χ4n) is 1.55. The summed E-state index contributed by atoms with van der Waals surface area (Å²) in [4.78, 5) is 27.3. The number of benzene rings is 1. The van der Waals surface area contributed by atoms with Gasteiger partial charge in [0.15, 0.2) is 0 Å². The molecule has 0 bridgehead atoms. The lowest BCUT2D eigenvalue weighted by Crippen LogP contribution is -2.34. The average Bonchev–Trinajstić information content (AvgIpc) is 2.97. The van der Waals surface area contributed by atoms with Crippen molar-refractivity contribution in [3.05, 3.63) is 30.2 Å². The van der Waals surface area contributed by atoms with Crippen LogP contribution in [0.3, 0.4) is 0 Å². The van der Waals surface area contributed by atoms with E-state index in [2.05, 4.69) is 20.0 Å². The van der Waals surface area contributed by atoms with Gasteiger partial charge in [-0.3, -0.25) is 9.59 Å². The molecule has 0 spiro atoms. The van der Waals surface area contributed by atoms with Gasteiger partial charge in [-0.25, -0.2) is 0 Å². The number of amides is 2. The molecule has 0 saturated carbocycles. The van der Waals surface area contributed by atoms with Crippen LogP contribution in [0.4, 0.5) is 18.9 Å². The fourth-order valence-corrected chi connectivity index (χ4v) is 1.55. The van der Waals surface area contributed by atoms with Crippen molar-refractivity contribution >= 4 is 17.5 Å². The molecule has 1 aromatic heterocycles. The summed E-state index contributed by atoms with van der Waals surface area (Å²) in [6.07, 6.45) is -4.72. The van der Waals surface area contributed by atoms with Crippen LogP contribution in [0.5, 0.6) is 0 Å². The normalized spacial score (nSPS) is 11.2. The fraction of sp³-hybridized carbons (Fsp3) is 0.231. The quantitative estimate of drug-likeness (QED) is 0.849. The van der Waals surface area contributed by atoms with Crippen molar-refractivity contribution < 1.29 is 27.3 Å². The maximum Gasteiger partial charge on any atom is 0.471 e. The molecule has 1 aromatic carbocycles. The lowest BCUT2D eigenvalue weighted by molar-refractivity contribution is -0.159. The second kappa shape index (κ2) is 6.07. The van der Waals surface area contributed by atoms with Gasteiger partial charge in [0, 0.05) is 25.3 Å². The summed E-state index contributed by atoms with van der Waals surface area (Å²) in [5.41, 5.74) is 0.565. The van der Waals surface area contributed by atoms with Crippen molar-refractivity contribution in [2.24, 2.45) is 0 Å². The summed E-state index contributed by atoms with van der Waals surface area (Å²) in [5.74, 6) is -3.25. The lowest BCUT2D eigenvalue weighted by atomic mass is 10.2. The molecule has 1 heterocycles. The largest absolute Gasteiger partial charge is 0.471 e. The average molecular weight is 328 g/mol. The maximum atomic E-state index is 12.4. The zero-order valence-electron chi connectivity index (χ0n) is 12.0. The number of nitrogens with zero attached hydrogens (tertiary/aromatic N) is 3. The van der Waals surface area contributed by atoms with Crippen LogP contribution in [0.1, 0.15) is 5.89 Å². The van der Waals surface area contributed by atoms with E-state index in [4.69, 9.17) is 0 Å². The third-order valence-corrected chi connectivity index (χ3v) is 2.67. The van der Waals surface area contributed by atoms with Crippen LogP contribution in [0, 0.1) is 0 Å². The Labute approximate surface area is 128 Å². The number of hydrogen-bond acceptors (Lipinski definition) is 5. The van der Waals surface area contributed by atoms with Crippen LogP contribution in [-0.4, -0.2) is 41.0 Å². The molecule has 122 valence electrons. The highest BCUT2D eigenvalue weighted by Crippen LogP contribution is 2.29. The highest BCUT2D eigenvalue weighted by atomic mass is 19.4. The van der Waals surface area contributed by atoms with E-state index in [-0.39, 0.29) is 11.4 Å². The number of hydrogen-bond donors (Lipinski definition) is 1. The maximum absolute atomic E-state index is 12.4. The van der Waals surface area contributed by atoms with Crippen LogP contribution < -0.4 is 5.32 Å². The van der Waals surface area contributed by atoms with E-state index in [9.17, 15) is 22.8 Å². The van der Waals surface area contributed by atoms with Crippen molar-refractivity contribution in [1.82, 2.24) is 15.0 Å². The summed E-state index contributed by atoms with van der Waals surface area (Å²) >= 11 is 0. The van der Waals surface area contributed by atoms with E-state index in [0.29, 0.717) is 5.69 Å². The Morgan fingerprint density at radius 2 is 1.78 bits per heavy atom. The molecule has 10 heteroatoms. The first-order valence-corrected chi connectivity index (χ1v) is 6.22. The summed E-state index contributed by atoms with van der Waals surface area (Å²) in [6, 6.07) is 5.58. The Kier molecular flexibility index (Phi) is 4.34. The number of rotatable bonds is 2. The molecule has 1 N–H and O–H groups in total. The second-order valence-corrected chi connectivity index (χ2v) is 4.65. The van der Waals surface area contributed by atoms with E-state index in [1.807, 2.05) is 0 Å². The number of carbonyl (C=O) groups excluding carboxylic acids is 2. The molecule has 2 aromatic rings. The minimum atomic E-state index is -4.72. The molecule has 0 aliphatic heterocycles. The number of alkyl halides is 3. The Bertz CT molecular complexity index is 723. The van der Waals surface area contributed by atoms with Crippen LogP contribution in [-0.2, 0) is 15.8 Å². The zero-order chi connectivity index (χ0) is 17.2. The molecule has 0 fully saturated rings. The number of likely N-dealkylation sites (N-methyl/N-ethyl adjacent to an activating group) is 1. The molecule has 0 aliphatic carbocycles. The van der Waals surface area contributed by atoms with E-state index >= 15 is 0 Å². The van der Waals surface area contributed by atoms with Crippen molar-refractivity contribution in [2.75, 3.05) is 19.4 Å². The first-order valence-electron chi connectivity index (χ1n) is 6.22. The zero-order valence-corrected chi connectivity index (χ0v) is 12.0. The predicted octanol–water partition coefficient (Wildman–Crippen LogP) is 1.78. The van der Waals surface area contributed by atoms with E-state index in [1.54, 1.807) is 0 Å². The number of nitrogens with one attached hydrogen (secondary N) is 1. The van der Waals surface area contributed by atoms with E-state index < -0.39 is 23.9 Å². The predicted molar refractivity (Wildman–Crippen MR) is 72.1 cm³/mol. The van der Waals surface area contributed by atoms with Crippen LogP contribution in [0.25, 0.3) is 11.4 Å². The van der Waals surface area contributed by atoms with Gasteiger partial charge in [-0.1, -0.05) is 5.16 Å². The molecule has 0 saturated heterocycles. The standard InChI is InChI=1S/C13H11F3N4O3/c1-20(2)11(22)10(21)17-8-5-3-7(4-6-8)9-18-12(23-19-9)13(14,15)16/h3-6H,1-2H3,(H,17,21). The van der Waals surface area contributed by atoms with E-state index in [0.717, 1.165) is 4.90 Å². The van der Waals surface area contributed by atoms with Crippen molar-refractivity contribution in [2.45, 2.75) is 6.18 Å². The number of halogens is 3. The Balaban J connectivity index is 2.12. The topological polar surface area (TPSA) is 88.3 Å². The summed E-state index contributed by atoms with van der Waals surface area (Å²) in [6.45, 7) is 0. The van der Waals surface area contributed by atoms with Gasteiger partial charge in [0.25, 0.3) is 0 Å². The molecule has 0 unspecified atom stereocenters. The molecule has 2 amide bonds. The molecule has 2 rings (SSSR count). The third-order valence-electron chi connectivity index (χ3n) is 2.67. The Morgan fingerprint density at radius 3 is 2.26 bits per heavy atom. The van der Waals surface area contributed by atoms with Crippen LogP contribution in [0.2, 0.25) is 0 Å². The van der Waals surface area contributed by atoms with Gasteiger partial charge in [0.1, 0.15) is 0 Å². The molecule has 23 heavy (non-hydrogen) atoms. The molecule has 0 radical (unpaired) electrons. The van der Waals surface area contributed by atoms with Gasteiger partial charge < -0.3 is 14.7 Å². The third kappa shape index (κ3) is 3.84. The van der Waals surface area contributed by atoms with E-state index in [1.165, 1.54) is 38.4 Å². The SMILES string of the molecule is CN(C)C(=O)C(=O)Nc1ccc(-c2noc(C(F)(F)F)n2)cc1. The molecule has 0 atom stereocenters. The first-order chi connectivity index (χ1) is 10.7. The highest BCUT2D eigenvalue weighted by molar-refractivity contribution is 6.39. The number of aromatic nitrogens is 2. The van der Waals surface area contributed by atoms with Crippen molar-refractivity contribution in [3.63, 3.8) is 0 Å². The Hall–Kier alpha value is -2.91. The number of anilines is 1. The molecule has 0 aliphatic rings. The minimum absolute atomic E-state index is 0.237. The van der Waals surface area contributed by atoms with Gasteiger partial charge in [-0.15, -0.1) is 0 Å².